The first-order valence-electron chi connectivity index (χ1n) is 21.7. The molecule has 3 aliphatic heterocycles. The SMILES string of the molecule is [2H][13C]([2H])=CC[C@@H]1/C=C(\C)C[C@H](C)C[C@H](OC)[C@H]2O[C@@](O)(C(=O)C(=O)N3CCC[C@H](C3)C(=O)O[C@H](/C(C)=C/[C@@H]3CC[C@@H](O)[C@H](OC)C3)[C@H](C)[C@@H](O)CC1=O)[C@H](C)C[C@@H]2OC. The van der Waals surface area contributed by atoms with Crippen LogP contribution in [0.25, 0.3) is 0 Å². The number of amides is 1. The van der Waals surface area contributed by atoms with E-state index < -0.39 is 90.3 Å². The number of cyclic esters (lactones) is 1. The van der Waals surface area contributed by atoms with Gasteiger partial charge in [-0.1, -0.05) is 44.6 Å². The fraction of sp³-hybridized carbons (Fsp3) is 0.773. The number of allylic oxidation sites excluding steroid dienone is 4. The third kappa shape index (κ3) is 11.5. The third-order valence-corrected chi connectivity index (χ3v) is 12.8. The molecule has 3 N–H and O–H groups in total. The zero-order chi connectivity index (χ0) is 43.8. The third-order valence-electron chi connectivity index (χ3n) is 12.8. The number of carbonyl (C=O) groups excluding carboxylic acids is 4. The predicted octanol–water partition coefficient (Wildman–Crippen LogP) is 4.50. The highest BCUT2D eigenvalue weighted by Crippen LogP contribution is 2.39. The summed E-state index contributed by atoms with van der Waals surface area (Å²) in [7, 11) is 4.57. The average molecular weight is 807 g/mol. The molecule has 2 saturated heterocycles. The summed E-state index contributed by atoms with van der Waals surface area (Å²) in [5, 5.41) is 34.1. The van der Waals surface area contributed by atoms with E-state index in [0.717, 1.165) is 5.57 Å². The molecule has 1 saturated carbocycles. The Kier molecular flexibility index (Phi) is 16.1. The standard InChI is InChI=1S/C44H69NO12/c1-10-12-31-18-25(2)17-26(3)19-37(54-8)40-38(55-9)21-28(5)44(52,57-40)41(49)42(50)45-16-11-13-32(24-45)43(51)56-39(29(6)34(47)23-35(31)48)27(4)20-30-14-15-33(46)36(22-30)53-7/h10,18,20,26,28-34,36-40,46-47,52H,1,11-17,19,21-24H2,2-9H3/b25-18+,27-20+/t26-,28+,29+,30-,31+,32+,33+,34-,36+,37-,38-,39+,40+,44+/m0/s1/i1+1D2. The zero-order valence-corrected chi connectivity index (χ0v) is 35.2. The van der Waals surface area contributed by atoms with E-state index in [-0.39, 0.29) is 56.1 Å². The normalized spacial score (nSPS) is 41.4. The van der Waals surface area contributed by atoms with Gasteiger partial charge in [-0.15, -0.1) is 6.53 Å². The predicted molar refractivity (Wildman–Crippen MR) is 213 cm³/mol. The average Bonchev–Trinajstić information content (AvgIpc) is 3.20. The van der Waals surface area contributed by atoms with E-state index in [0.29, 0.717) is 50.5 Å². The highest BCUT2D eigenvalue weighted by atomic mass is 16.7. The van der Waals surface area contributed by atoms with Gasteiger partial charge in [-0.3, -0.25) is 19.2 Å². The first kappa shape index (κ1) is 43.8. The second kappa shape index (κ2) is 21.0. The van der Waals surface area contributed by atoms with Crippen LogP contribution in [0, 0.1) is 35.5 Å². The van der Waals surface area contributed by atoms with Crippen LogP contribution in [0.3, 0.4) is 0 Å². The Labute approximate surface area is 342 Å². The van der Waals surface area contributed by atoms with Crippen LogP contribution in [-0.4, -0.2) is 127 Å². The maximum Gasteiger partial charge on any atom is 0.311 e. The molecule has 0 spiro atoms. The van der Waals surface area contributed by atoms with Crippen molar-refractivity contribution in [2.75, 3.05) is 34.4 Å². The largest absolute Gasteiger partial charge is 0.457 e. The van der Waals surface area contributed by atoms with Crippen LogP contribution in [0.2, 0.25) is 0 Å². The van der Waals surface area contributed by atoms with E-state index in [2.05, 4.69) is 0 Å². The topological polar surface area (TPSA) is 178 Å². The Balaban J connectivity index is 1.75. The Hall–Kier alpha value is -2.78. The van der Waals surface area contributed by atoms with E-state index in [9.17, 15) is 34.5 Å². The highest BCUT2D eigenvalue weighted by molar-refractivity contribution is 6.38. The summed E-state index contributed by atoms with van der Waals surface area (Å²) in [6.07, 6.45) is 3.28. The molecule has 4 rings (SSSR count). The first-order valence-corrected chi connectivity index (χ1v) is 20.7. The van der Waals surface area contributed by atoms with Gasteiger partial charge in [0.2, 0.25) is 5.79 Å². The number of aliphatic hydroxyl groups excluding tert-OH is 2. The number of carbonyl (C=O) groups is 4. The summed E-state index contributed by atoms with van der Waals surface area (Å²) in [6, 6.07) is 0. The number of hydrogen-bond acceptors (Lipinski definition) is 12. The fourth-order valence-corrected chi connectivity index (χ4v) is 9.34. The second-order valence-corrected chi connectivity index (χ2v) is 17.3. The molecule has 0 aromatic rings. The Morgan fingerprint density at radius 2 is 1.67 bits per heavy atom. The van der Waals surface area contributed by atoms with Crippen molar-refractivity contribution in [2.24, 2.45) is 35.5 Å². The van der Waals surface area contributed by atoms with Crippen LogP contribution in [0.15, 0.2) is 35.9 Å². The Bertz CT molecular complexity index is 1570. The van der Waals surface area contributed by atoms with Crippen molar-refractivity contribution in [3.8, 4) is 0 Å². The summed E-state index contributed by atoms with van der Waals surface area (Å²) in [5.74, 6) is -8.70. The van der Waals surface area contributed by atoms with E-state index in [4.69, 9.17) is 26.4 Å². The monoisotopic (exact) mass is 806 g/mol. The van der Waals surface area contributed by atoms with Gasteiger partial charge in [-0.05, 0) is 89.0 Å². The van der Waals surface area contributed by atoms with Gasteiger partial charge in [0, 0.05) is 58.6 Å². The minimum Gasteiger partial charge on any atom is -0.457 e. The van der Waals surface area contributed by atoms with Crippen molar-refractivity contribution in [2.45, 2.75) is 147 Å². The number of methoxy groups -OCH3 is 3. The lowest BCUT2D eigenvalue weighted by molar-refractivity contribution is -0.302. The maximum atomic E-state index is 14.1. The van der Waals surface area contributed by atoms with Gasteiger partial charge in [-0.2, -0.15) is 0 Å². The molecule has 322 valence electrons. The van der Waals surface area contributed by atoms with E-state index in [1.807, 2.05) is 32.9 Å². The van der Waals surface area contributed by atoms with Crippen molar-refractivity contribution in [1.82, 2.24) is 4.90 Å². The smallest absolute Gasteiger partial charge is 0.311 e. The molecule has 0 unspecified atom stereocenters. The Morgan fingerprint density at radius 1 is 0.982 bits per heavy atom. The molecule has 4 aliphatic rings. The minimum atomic E-state index is -2.48. The van der Waals surface area contributed by atoms with Gasteiger partial charge in [0.1, 0.15) is 18.0 Å². The molecule has 0 aromatic heterocycles. The molecule has 3 fully saturated rings. The van der Waals surface area contributed by atoms with E-state index >= 15 is 0 Å². The summed E-state index contributed by atoms with van der Waals surface area (Å²) >= 11 is 0. The van der Waals surface area contributed by atoms with Crippen molar-refractivity contribution < 1.29 is 60.9 Å². The number of ketones is 2. The van der Waals surface area contributed by atoms with Gasteiger partial charge < -0.3 is 43.9 Å². The molecular weight excluding hydrogens is 735 g/mol. The number of nitrogens with zero attached hydrogens (tertiary/aromatic N) is 1. The second-order valence-electron chi connectivity index (χ2n) is 17.3. The molecule has 1 aliphatic carbocycles. The van der Waals surface area contributed by atoms with Crippen LogP contribution in [0.4, 0.5) is 0 Å². The number of aliphatic hydroxyl groups is 3. The molecule has 1 amide bonds. The van der Waals surface area contributed by atoms with Crippen molar-refractivity contribution in [3.05, 3.63) is 35.9 Å². The van der Waals surface area contributed by atoms with Crippen LogP contribution in [0.5, 0.6) is 0 Å². The lowest BCUT2D eigenvalue weighted by atomic mass is 9.81. The van der Waals surface area contributed by atoms with Crippen molar-refractivity contribution >= 4 is 23.4 Å². The molecule has 3 heterocycles. The minimum absolute atomic E-state index is 0.0140. The molecule has 13 heteroatoms. The van der Waals surface area contributed by atoms with E-state index in [1.54, 1.807) is 21.0 Å². The number of Topliss-reactive ketones (excluding diaryl/α,β-unsaturated/α-hetero) is 2. The number of rotatable bonds is 7. The number of hydrogen-bond donors (Lipinski definition) is 3. The molecule has 57 heavy (non-hydrogen) atoms. The quantitative estimate of drug-likeness (QED) is 0.142. The van der Waals surface area contributed by atoms with Gasteiger partial charge in [0.25, 0.3) is 11.7 Å². The molecular formula is C44H69NO12. The summed E-state index contributed by atoms with van der Waals surface area (Å²) in [6.45, 7) is 8.65. The first-order chi connectivity index (χ1) is 27.8. The summed E-state index contributed by atoms with van der Waals surface area (Å²) < 4.78 is 45.0. The number of esters is 1. The van der Waals surface area contributed by atoms with Gasteiger partial charge in [0.05, 0.1) is 39.2 Å². The zero-order valence-electron chi connectivity index (χ0n) is 37.2. The van der Waals surface area contributed by atoms with Gasteiger partial charge in [-0.25, -0.2) is 0 Å². The van der Waals surface area contributed by atoms with Gasteiger partial charge in [0.15, 0.2) is 0 Å². The fourth-order valence-electron chi connectivity index (χ4n) is 9.34. The number of fused-ring (bicyclic) bond motifs is 4. The lowest BCUT2D eigenvalue weighted by Gasteiger charge is -2.46. The summed E-state index contributed by atoms with van der Waals surface area (Å²) in [5.41, 5.74) is 1.51. The Morgan fingerprint density at radius 3 is 2.33 bits per heavy atom. The van der Waals surface area contributed by atoms with Crippen LogP contribution in [0.1, 0.15) is 102 Å². The van der Waals surface area contributed by atoms with Crippen molar-refractivity contribution in [3.63, 3.8) is 0 Å². The molecule has 4 bridgehead atoms. The van der Waals surface area contributed by atoms with Gasteiger partial charge >= 0.3 is 5.97 Å². The molecule has 0 radical (unpaired) electrons. The number of piperidine rings is 1. The van der Waals surface area contributed by atoms with Crippen LogP contribution in [-0.2, 0) is 42.9 Å². The van der Waals surface area contributed by atoms with Crippen molar-refractivity contribution in [1.29, 1.82) is 0 Å². The molecule has 13 nitrogen and oxygen atoms in total. The highest BCUT2D eigenvalue weighted by Gasteiger charge is 2.56. The molecule has 0 aromatic carbocycles. The van der Waals surface area contributed by atoms with E-state index in [1.165, 1.54) is 25.2 Å². The lowest BCUT2D eigenvalue weighted by Crippen LogP contribution is -2.63. The van der Waals surface area contributed by atoms with Crippen LogP contribution < -0.4 is 0 Å². The maximum absolute atomic E-state index is 14.1. The summed E-state index contributed by atoms with van der Waals surface area (Å²) in [4.78, 5) is 57.4. The molecule has 14 atom stereocenters. The van der Waals surface area contributed by atoms with Crippen LogP contribution >= 0.6 is 0 Å². The number of ether oxygens (including phenoxy) is 5.